The number of rotatable bonds is 1. The summed E-state index contributed by atoms with van der Waals surface area (Å²) in [6.07, 6.45) is 5.92. The molecule has 1 rings (SSSR count). The van der Waals surface area contributed by atoms with Crippen molar-refractivity contribution in [2.24, 2.45) is 11.6 Å². The molecule has 6 nitrogen and oxygen atoms in total. The van der Waals surface area contributed by atoms with Gasteiger partial charge >= 0.3 is 0 Å². The monoisotopic (exact) mass is 170 g/mol. The van der Waals surface area contributed by atoms with E-state index in [0.717, 1.165) is 0 Å². The van der Waals surface area contributed by atoms with Gasteiger partial charge < -0.3 is 11.2 Å². The molecule has 1 aromatic heterocycles. The molecule has 0 aliphatic heterocycles. The van der Waals surface area contributed by atoms with Gasteiger partial charge in [0.05, 0.1) is 12.4 Å². The molecule has 68 valence electrons. The maximum Gasteiger partial charge on any atom is 0.0690 e. The summed E-state index contributed by atoms with van der Waals surface area (Å²) in [7, 11) is 0. The maximum absolute atomic E-state index is 4.82. The summed E-state index contributed by atoms with van der Waals surface area (Å²) in [4.78, 5) is 0. The predicted molar refractivity (Wildman–Crippen MR) is 48.3 cm³/mol. The predicted octanol–water partition coefficient (Wildman–Crippen LogP) is -0.513. The summed E-state index contributed by atoms with van der Waals surface area (Å²) in [6.45, 7) is 6.00. The lowest BCUT2D eigenvalue weighted by Gasteiger charge is -1.76. The van der Waals surface area contributed by atoms with Gasteiger partial charge in [0.1, 0.15) is 0 Å². The van der Waals surface area contributed by atoms with Crippen LogP contribution in [0.4, 0.5) is 0 Å². The molecule has 0 spiro atoms. The molecule has 0 radical (unpaired) electrons. The van der Waals surface area contributed by atoms with E-state index in [-0.39, 0.29) is 0 Å². The van der Waals surface area contributed by atoms with Crippen LogP contribution in [0.3, 0.4) is 0 Å². The van der Waals surface area contributed by atoms with Gasteiger partial charge in [0, 0.05) is 12.4 Å². The van der Waals surface area contributed by atoms with E-state index >= 15 is 0 Å². The van der Waals surface area contributed by atoms with E-state index in [9.17, 15) is 0 Å². The van der Waals surface area contributed by atoms with Crippen LogP contribution in [0.2, 0.25) is 0 Å². The van der Waals surface area contributed by atoms with Crippen LogP contribution in [0.1, 0.15) is 0 Å². The van der Waals surface area contributed by atoms with E-state index in [4.69, 9.17) is 11.6 Å². The van der Waals surface area contributed by atoms with Crippen molar-refractivity contribution in [3.63, 3.8) is 0 Å². The summed E-state index contributed by atoms with van der Waals surface area (Å²) >= 11 is 0. The zero-order valence-corrected chi connectivity index (χ0v) is 6.77. The quantitative estimate of drug-likeness (QED) is 0.258. The lowest BCUT2D eigenvalue weighted by atomic mass is 11.0. The molecule has 0 aromatic carbocycles. The van der Waals surface area contributed by atoms with Crippen LogP contribution in [0, 0.1) is 0 Å². The minimum atomic E-state index is 1.32. The fraction of sp³-hybridized carbons (Fsp3) is 0. The van der Waals surface area contributed by atoms with Crippen molar-refractivity contribution in [1.29, 1.82) is 0 Å². The molecule has 0 unspecified atom stereocenters. The second-order valence-corrected chi connectivity index (χ2v) is 1.18. The van der Waals surface area contributed by atoms with Gasteiger partial charge in [-0.2, -0.15) is 15.4 Å². The Bertz CT molecular complexity index is 141. The average Bonchev–Trinajstić information content (AvgIpc) is 2.67. The first kappa shape index (κ1) is 12.8. The van der Waals surface area contributed by atoms with Crippen molar-refractivity contribution in [3.8, 4) is 0 Å². The highest BCUT2D eigenvalue weighted by Gasteiger charge is 1.57. The largest absolute Gasteiger partial charge is 0.403 e. The van der Waals surface area contributed by atoms with Gasteiger partial charge in [0.25, 0.3) is 0 Å². The molecule has 0 aliphatic rings. The van der Waals surface area contributed by atoms with Gasteiger partial charge in [-0.15, -0.1) is 13.2 Å². The smallest absolute Gasteiger partial charge is 0.0690 e. The topological polar surface area (TPSA) is 106 Å². The van der Waals surface area contributed by atoms with E-state index < -0.39 is 0 Å². The summed E-state index contributed by atoms with van der Waals surface area (Å²) in [5, 5.41) is 9.33. The Balaban J connectivity index is 0. The second kappa shape index (κ2) is 16.1. The van der Waals surface area contributed by atoms with E-state index in [1.165, 1.54) is 12.4 Å². The highest BCUT2D eigenvalue weighted by Crippen LogP contribution is 1.55. The molecule has 0 fully saturated rings. The average molecular weight is 170 g/mol. The van der Waals surface area contributed by atoms with Crippen LogP contribution in [-0.2, 0) is 0 Å². The molecule has 0 amide bonds. The van der Waals surface area contributed by atoms with Gasteiger partial charge in [0.2, 0.25) is 0 Å². The Labute approximate surface area is 71.3 Å². The number of hydrazine groups is 1. The van der Waals surface area contributed by atoms with E-state index in [0.29, 0.717) is 0 Å². The van der Waals surface area contributed by atoms with Crippen LogP contribution in [0.15, 0.2) is 38.0 Å². The Kier molecular flexibility index (Phi) is 17.2. The minimum absolute atomic E-state index is 1.32. The molecule has 0 saturated carbocycles. The fourth-order valence-electron chi connectivity index (χ4n) is 0.222. The van der Waals surface area contributed by atoms with Crippen LogP contribution in [0.5, 0.6) is 0 Å². The second-order valence-electron chi connectivity index (χ2n) is 1.18. The van der Waals surface area contributed by atoms with Crippen molar-refractivity contribution >= 4 is 0 Å². The molecule has 0 atom stereocenters. The number of nitrogens with one attached hydrogen (secondary N) is 2. The molecule has 1 heterocycles. The number of hydrogen-bond donors (Lipinski definition) is 4. The standard InChI is InChI=1S/C2H3N3.C2H7N3.C2H4/c1-2-4-5-3-1;3-1-2-5-4;1-2/h1-2H,(H,3,4,5);1-2,5H,3-4H2;1-2H2/b;2-1-;. The number of hydrogen-bond acceptors (Lipinski definition) is 5. The summed E-state index contributed by atoms with van der Waals surface area (Å²) < 4.78 is 0. The first-order valence-corrected chi connectivity index (χ1v) is 3.04. The highest BCUT2D eigenvalue weighted by atomic mass is 15.3. The van der Waals surface area contributed by atoms with Crippen LogP contribution >= 0.6 is 0 Å². The van der Waals surface area contributed by atoms with Gasteiger partial charge in [-0.05, 0) is 0 Å². The Morgan fingerprint density at radius 3 is 1.92 bits per heavy atom. The van der Waals surface area contributed by atoms with Crippen molar-refractivity contribution in [3.05, 3.63) is 38.0 Å². The molecule has 0 saturated heterocycles. The molecule has 6 N–H and O–H groups in total. The highest BCUT2D eigenvalue weighted by molar-refractivity contribution is 4.67. The Morgan fingerprint density at radius 2 is 1.83 bits per heavy atom. The summed E-state index contributed by atoms with van der Waals surface area (Å²) in [6, 6.07) is 0. The molecule has 0 aliphatic carbocycles. The van der Waals surface area contributed by atoms with E-state index in [2.05, 4.69) is 34.0 Å². The van der Waals surface area contributed by atoms with Crippen LogP contribution in [-0.4, -0.2) is 15.4 Å². The Morgan fingerprint density at radius 1 is 1.33 bits per heavy atom. The summed E-state index contributed by atoms with van der Waals surface area (Å²) in [5.74, 6) is 4.72. The van der Waals surface area contributed by atoms with Crippen molar-refractivity contribution in [2.45, 2.75) is 0 Å². The molecular formula is C6H14N6. The minimum Gasteiger partial charge on any atom is -0.403 e. The zero-order chi connectivity index (χ0) is 9.66. The molecule has 12 heavy (non-hydrogen) atoms. The first-order chi connectivity index (χ1) is 5.91. The Hall–Kier alpha value is -1.82. The van der Waals surface area contributed by atoms with E-state index in [1.54, 1.807) is 12.4 Å². The molecule has 0 bridgehead atoms. The number of nitrogens with two attached hydrogens (primary N) is 2. The van der Waals surface area contributed by atoms with Gasteiger partial charge in [-0.3, -0.25) is 5.84 Å². The normalized spacial score (nSPS) is 7.42. The van der Waals surface area contributed by atoms with Crippen molar-refractivity contribution in [2.75, 3.05) is 0 Å². The van der Waals surface area contributed by atoms with Gasteiger partial charge in [-0.1, -0.05) is 0 Å². The fourth-order valence-corrected chi connectivity index (χ4v) is 0.222. The lowest BCUT2D eigenvalue weighted by molar-refractivity contribution is 0.940. The van der Waals surface area contributed by atoms with Crippen LogP contribution in [0.25, 0.3) is 0 Å². The number of aromatic nitrogens is 3. The van der Waals surface area contributed by atoms with Crippen LogP contribution < -0.4 is 17.0 Å². The zero-order valence-electron chi connectivity index (χ0n) is 6.77. The summed E-state index contributed by atoms with van der Waals surface area (Å²) in [5.41, 5.74) is 7.03. The third kappa shape index (κ3) is 15.7. The molecule has 1 aromatic rings. The lowest BCUT2D eigenvalue weighted by Crippen LogP contribution is -2.13. The van der Waals surface area contributed by atoms with E-state index in [1.807, 2.05) is 0 Å². The van der Waals surface area contributed by atoms with Gasteiger partial charge in [-0.25, -0.2) is 0 Å². The molecule has 6 heteroatoms. The first-order valence-electron chi connectivity index (χ1n) is 3.04. The third-order valence-corrected chi connectivity index (χ3v) is 0.524. The van der Waals surface area contributed by atoms with Crippen molar-refractivity contribution < 1.29 is 0 Å². The van der Waals surface area contributed by atoms with Crippen molar-refractivity contribution in [1.82, 2.24) is 20.8 Å². The number of nitrogens with zero attached hydrogens (tertiary/aromatic N) is 2. The third-order valence-electron chi connectivity index (χ3n) is 0.524. The number of H-pyrrole nitrogens is 1. The molecular weight excluding hydrogens is 156 g/mol. The number of aromatic amines is 1. The van der Waals surface area contributed by atoms with Gasteiger partial charge in [0.15, 0.2) is 0 Å². The SMILES string of the molecule is C=C.N/C=C\NN.c1cn[nH]n1. The maximum atomic E-state index is 4.82.